The van der Waals surface area contributed by atoms with Gasteiger partial charge in [-0.1, -0.05) is 0 Å². The van der Waals surface area contributed by atoms with Gasteiger partial charge in [0.15, 0.2) is 0 Å². The second-order valence-electron chi connectivity index (χ2n) is 3.67. The summed E-state index contributed by atoms with van der Waals surface area (Å²) in [6.45, 7) is 2.42. The Bertz CT molecular complexity index is 164. The minimum atomic E-state index is -0.306. The predicted octanol–water partition coefficient (Wildman–Crippen LogP) is 0.626. The molecule has 0 aromatic rings. The number of hydrogen-bond donors (Lipinski definition) is 1. The van der Waals surface area contributed by atoms with Gasteiger partial charge in [-0.3, -0.25) is 4.79 Å². The van der Waals surface area contributed by atoms with Crippen molar-refractivity contribution in [3.63, 3.8) is 0 Å². The Hall–Kier alpha value is -0.570. The summed E-state index contributed by atoms with van der Waals surface area (Å²) in [5.41, 5.74) is 0. The summed E-state index contributed by atoms with van der Waals surface area (Å²) in [7, 11) is 1.81. The van der Waals surface area contributed by atoms with Gasteiger partial charge in [-0.05, 0) is 26.2 Å². The lowest BCUT2D eigenvalue weighted by molar-refractivity contribution is -0.131. The van der Waals surface area contributed by atoms with Crippen molar-refractivity contribution in [1.82, 2.24) is 4.90 Å². The maximum Gasteiger partial charge on any atom is 0.225 e. The van der Waals surface area contributed by atoms with Gasteiger partial charge in [0.25, 0.3) is 0 Å². The summed E-state index contributed by atoms with van der Waals surface area (Å²) in [6.07, 6.45) is 2.48. The highest BCUT2D eigenvalue weighted by molar-refractivity contribution is 5.80. The Kier molecular flexibility index (Phi) is 3.09. The molecule has 0 bridgehead atoms. The molecular weight excluding hydrogens is 154 g/mol. The molecule has 0 aromatic heterocycles. The molecule has 1 N–H and O–H groups in total. The minimum absolute atomic E-state index is 0.246. The van der Waals surface area contributed by atoms with Gasteiger partial charge in [0.1, 0.15) is 0 Å². The molecule has 0 spiro atoms. The van der Waals surface area contributed by atoms with E-state index in [1.165, 1.54) is 0 Å². The second-order valence-corrected chi connectivity index (χ2v) is 3.67. The van der Waals surface area contributed by atoms with Crippen LogP contribution in [0.3, 0.4) is 0 Å². The lowest BCUT2D eigenvalue weighted by Crippen LogP contribution is -2.30. The maximum absolute atomic E-state index is 11.4. The van der Waals surface area contributed by atoms with E-state index < -0.39 is 0 Å². The highest BCUT2D eigenvalue weighted by Gasteiger charge is 2.31. The van der Waals surface area contributed by atoms with Crippen molar-refractivity contribution in [3.8, 4) is 0 Å². The Morgan fingerprint density at radius 2 is 2.25 bits per heavy atom. The number of amides is 1. The Balaban J connectivity index is 2.17. The molecule has 0 heterocycles. The first-order chi connectivity index (χ1) is 5.61. The number of aliphatic hydroxyl groups excluding tert-OH is 1. The molecule has 1 aliphatic rings. The number of aliphatic hydroxyl groups is 1. The summed E-state index contributed by atoms with van der Waals surface area (Å²) in [4.78, 5) is 13.1. The molecule has 3 nitrogen and oxygen atoms in total. The van der Waals surface area contributed by atoms with Crippen molar-refractivity contribution in [3.05, 3.63) is 0 Å². The SMILES string of the molecule is CC(O)CCN(C)C(=O)C1CC1. The molecule has 0 saturated heterocycles. The second kappa shape index (κ2) is 3.90. The number of carbonyl (C=O) groups is 1. The van der Waals surface area contributed by atoms with E-state index in [1.807, 2.05) is 7.05 Å². The van der Waals surface area contributed by atoms with Crippen LogP contribution in [-0.4, -0.2) is 35.6 Å². The summed E-state index contributed by atoms with van der Waals surface area (Å²) < 4.78 is 0. The largest absolute Gasteiger partial charge is 0.393 e. The van der Waals surface area contributed by atoms with Crippen LogP contribution in [-0.2, 0) is 4.79 Å². The summed E-state index contributed by atoms with van der Waals surface area (Å²) in [5.74, 6) is 0.541. The van der Waals surface area contributed by atoms with Crippen LogP contribution >= 0.6 is 0 Å². The molecule has 1 saturated carbocycles. The van der Waals surface area contributed by atoms with Crippen molar-refractivity contribution < 1.29 is 9.90 Å². The van der Waals surface area contributed by atoms with Gasteiger partial charge in [-0.2, -0.15) is 0 Å². The van der Waals surface area contributed by atoms with E-state index in [0.29, 0.717) is 18.9 Å². The molecule has 0 aliphatic heterocycles. The maximum atomic E-state index is 11.4. The van der Waals surface area contributed by atoms with E-state index in [9.17, 15) is 4.79 Å². The summed E-state index contributed by atoms with van der Waals surface area (Å²) in [5, 5.41) is 9.00. The molecule has 0 radical (unpaired) electrons. The van der Waals surface area contributed by atoms with Gasteiger partial charge >= 0.3 is 0 Å². The van der Waals surface area contributed by atoms with E-state index in [4.69, 9.17) is 5.11 Å². The molecule has 70 valence electrons. The van der Waals surface area contributed by atoms with E-state index in [2.05, 4.69) is 0 Å². The van der Waals surface area contributed by atoms with E-state index in [0.717, 1.165) is 12.8 Å². The van der Waals surface area contributed by atoms with Crippen LogP contribution in [0.5, 0.6) is 0 Å². The monoisotopic (exact) mass is 171 g/mol. The Morgan fingerprint density at radius 1 is 1.67 bits per heavy atom. The molecule has 1 unspecified atom stereocenters. The molecule has 12 heavy (non-hydrogen) atoms. The normalized spacial score (nSPS) is 18.9. The smallest absolute Gasteiger partial charge is 0.225 e. The van der Waals surface area contributed by atoms with Crippen molar-refractivity contribution in [2.24, 2.45) is 5.92 Å². The molecule has 3 heteroatoms. The van der Waals surface area contributed by atoms with Gasteiger partial charge in [-0.15, -0.1) is 0 Å². The number of hydrogen-bond acceptors (Lipinski definition) is 2. The molecule has 1 amide bonds. The average molecular weight is 171 g/mol. The van der Waals surface area contributed by atoms with Crippen molar-refractivity contribution in [2.45, 2.75) is 32.3 Å². The standard InChI is InChI=1S/C9H17NO2/c1-7(11)5-6-10(2)9(12)8-3-4-8/h7-8,11H,3-6H2,1-2H3. The van der Waals surface area contributed by atoms with E-state index >= 15 is 0 Å². The fraction of sp³-hybridized carbons (Fsp3) is 0.889. The summed E-state index contributed by atoms with van der Waals surface area (Å²) >= 11 is 0. The number of nitrogens with zero attached hydrogens (tertiary/aromatic N) is 1. The van der Waals surface area contributed by atoms with Crippen LogP contribution in [0.1, 0.15) is 26.2 Å². The summed E-state index contributed by atoms with van der Waals surface area (Å²) in [6, 6.07) is 0. The number of rotatable bonds is 4. The van der Waals surface area contributed by atoms with Gasteiger partial charge in [-0.25, -0.2) is 0 Å². The zero-order chi connectivity index (χ0) is 9.14. The Labute approximate surface area is 73.4 Å². The van der Waals surface area contributed by atoms with Crippen LogP contribution in [0.25, 0.3) is 0 Å². The molecule has 1 aliphatic carbocycles. The minimum Gasteiger partial charge on any atom is -0.393 e. The lowest BCUT2D eigenvalue weighted by Gasteiger charge is -2.17. The van der Waals surface area contributed by atoms with Crippen LogP contribution < -0.4 is 0 Å². The topological polar surface area (TPSA) is 40.5 Å². The first-order valence-electron chi connectivity index (χ1n) is 4.54. The molecule has 1 fully saturated rings. The van der Waals surface area contributed by atoms with Crippen LogP contribution in [0.2, 0.25) is 0 Å². The predicted molar refractivity (Wildman–Crippen MR) is 46.7 cm³/mol. The highest BCUT2D eigenvalue weighted by Crippen LogP contribution is 2.30. The van der Waals surface area contributed by atoms with Gasteiger partial charge in [0.2, 0.25) is 5.91 Å². The van der Waals surface area contributed by atoms with Gasteiger partial charge < -0.3 is 10.0 Å². The first-order valence-corrected chi connectivity index (χ1v) is 4.54. The van der Waals surface area contributed by atoms with Crippen LogP contribution in [0.15, 0.2) is 0 Å². The third kappa shape index (κ3) is 2.81. The molecule has 0 aromatic carbocycles. The highest BCUT2D eigenvalue weighted by atomic mass is 16.3. The fourth-order valence-electron chi connectivity index (χ4n) is 1.13. The first kappa shape index (κ1) is 9.52. The zero-order valence-corrected chi connectivity index (χ0v) is 7.79. The Morgan fingerprint density at radius 3 is 2.67 bits per heavy atom. The van der Waals surface area contributed by atoms with Crippen molar-refractivity contribution >= 4 is 5.91 Å². The van der Waals surface area contributed by atoms with Crippen LogP contribution in [0, 0.1) is 5.92 Å². The molecule has 1 atom stereocenters. The van der Waals surface area contributed by atoms with Gasteiger partial charge in [0.05, 0.1) is 6.10 Å². The van der Waals surface area contributed by atoms with E-state index in [-0.39, 0.29) is 12.0 Å². The third-order valence-electron chi connectivity index (χ3n) is 2.19. The molecule has 1 rings (SSSR count). The fourth-order valence-corrected chi connectivity index (χ4v) is 1.13. The van der Waals surface area contributed by atoms with Crippen LogP contribution in [0.4, 0.5) is 0 Å². The van der Waals surface area contributed by atoms with E-state index in [1.54, 1.807) is 11.8 Å². The number of carbonyl (C=O) groups excluding carboxylic acids is 1. The van der Waals surface area contributed by atoms with Crippen molar-refractivity contribution in [2.75, 3.05) is 13.6 Å². The molecular formula is C9H17NO2. The average Bonchev–Trinajstić information content (AvgIpc) is 2.80. The van der Waals surface area contributed by atoms with Gasteiger partial charge in [0, 0.05) is 19.5 Å². The third-order valence-corrected chi connectivity index (χ3v) is 2.19. The lowest BCUT2D eigenvalue weighted by atomic mass is 10.2. The van der Waals surface area contributed by atoms with Crippen molar-refractivity contribution in [1.29, 1.82) is 0 Å². The zero-order valence-electron chi connectivity index (χ0n) is 7.79. The quantitative estimate of drug-likeness (QED) is 0.674.